The number of piperidine rings is 1. The zero-order valence-corrected chi connectivity index (χ0v) is 18.8. The van der Waals surface area contributed by atoms with Crippen molar-refractivity contribution in [2.45, 2.75) is 32.0 Å². The summed E-state index contributed by atoms with van der Waals surface area (Å²) in [4.78, 5) is 25.0. The van der Waals surface area contributed by atoms with Crippen LogP contribution in [0, 0.1) is 11.3 Å². The zero-order valence-electron chi connectivity index (χ0n) is 18.8. The molecule has 3 aromatic heterocycles. The average molecular weight is 452 g/mol. The second-order valence-electron chi connectivity index (χ2n) is 8.53. The van der Waals surface area contributed by atoms with Crippen molar-refractivity contribution in [1.82, 2.24) is 19.1 Å². The summed E-state index contributed by atoms with van der Waals surface area (Å²) >= 11 is 0. The Balaban J connectivity index is 1.70. The molecule has 4 aromatic rings. The molecule has 1 aromatic carbocycles. The molecule has 8 nitrogen and oxygen atoms in total. The third-order valence-electron chi connectivity index (χ3n) is 6.36. The summed E-state index contributed by atoms with van der Waals surface area (Å²) in [5, 5.41) is 12.1. The average Bonchev–Trinajstić information content (AvgIpc) is 3.18. The SMILES string of the molecule is C=C=CCn1c(N2CCCC(N)C2)c(C#N)c2ncn(Cc3nccc4ccccc34)c(=O)c21. The number of anilines is 1. The van der Waals surface area contributed by atoms with E-state index in [2.05, 4.69) is 33.2 Å². The van der Waals surface area contributed by atoms with E-state index in [1.165, 1.54) is 6.33 Å². The van der Waals surface area contributed by atoms with Crippen LogP contribution in [-0.4, -0.2) is 38.2 Å². The third kappa shape index (κ3) is 3.67. The minimum absolute atomic E-state index is 0.0174. The number of nitrogens with zero attached hydrogens (tertiary/aromatic N) is 6. The van der Waals surface area contributed by atoms with Gasteiger partial charge < -0.3 is 15.2 Å². The topological polar surface area (TPSA) is 106 Å². The fourth-order valence-corrected chi connectivity index (χ4v) is 4.80. The maximum Gasteiger partial charge on any atom is 0.278 e. The summed E-state index contributed by atoms with van der Waals surface area (Å²) in [5.41, 5.74) is 10.8. The molecule has 1 aliphatic rings. The smallest absolute Gasteiger partial charge is 0.278 e. The number of nitrogens with two attached hydrogens (primary N) is 1. The Morgan fingerprint density at radius 2 is 2.12 bits per heavy atom. The van der Waals surface area contributed by atoms with Crippen molar-refractivity contribution in [2.75, 3.05) is 18.0 Å². The molecule has 0 spiro atoms. The first-order chi connectivity index (χ1) is 16.6. The highest BCUT2D eigenvalue weighted by Crippen LogP contribution is 2.31. The molecule has 1 fully saturated rings. The Labute approximate surface area is 196 Å². The lowest BCUT2D eigenvalue weighted by Crippen LogP contribution is -2.44. The molecule has 8 heteroatoms. The van der Waals surface area contributed by atoms with E-state index < -0.39 is 0 Å². The summed E-state index contributed by atoms with van der Waals surface area (Å²) in [5.74, 6) is 0.685. The highest BCUT2D eigenvalue weighted by molar-refractivity contribution is 5.89. The Bertz CT molecular complexity index is 1530. The molecule has 5 rings (SSSR count). The third-order valence-corrected chi connectivity index (χ3v) is 6.36. The number of aromatic nitrogens is 4. The quantitative estimate of drug-likeness (QED) is 0.468. The van der Waals surface area contributed by atoms with Gasteiger partial charge >= 0.3 is 0 Å². The number of fused-ring (bicyclic) bond motifs is 2. The van der Waals surface area contributed by atoms with Crippen LogP contribution < -0.4 is 16.2 Å². The molecule has 0 bridgehead atoms. The van der Waals surface area contributed by atoms with Gasteiger partial charge in [-0.1, -0.05) is 30.8 Å². The molecule has 0 radical (unpaired) electrons. The lowest BCUT2D eigenvalue weighted by molar-refractivity contribution is 0.499. The lowest BCUT2D eigenvalue weighted by atomic mass is 10.1. The van der Waals surface area contributed by atoms with Crippen molar-refractivity contribution in [2.24, 2.45) is 5.73 Å². The second kappa shape index (κ2) is 8.99. The van der Waals surface area contributed by atoms with Gasteiger partial charge in [0.1, 0.15) is 28.5 Å². The Hall–Kier alpha value is -4.18. The van der Waals surface area contributed by atoms with E-state index in [9.17, 15) is 10.1 Å². The number of hydrogen-bond acceptors (Lipinski definition) is 6. The lowest BCUT2D eigenvalue weighted by Gasteiger charge is -2.33. The van der Waals surface area contributed by atoms with Crippen LogP contribution in [0.1, 0.15) is 24.1 Å². The molecule has 1 unspecified atom stereocenters. The van der Waals surface area contributed by atoms with Gasteiger partial charge in [0.2, 0.25) is 0 Å². The molecule has 170 valence electrons. The van der Waals surface area contributed by atoms with Crippen LogP contribution in [0.4, 0.5) is 5.82 Å². The van der Waals surface area contributed by atoms with Crippen molar-refractivity contribution in [3.63, 3.8) is 0 Å². The van der Waals surface area contributed by atoms with Crippen molar-refractivity contribution in [3.05, 3.63) is 82.9 Å². The molecule has 1 aliphatic heterocycles. The number of allylic oxidation sites excluding steroid dienone is 1. The van der Waals surface area contributed by atoms with E-state index in [-0.39, 0.29) is 18.1 Å². The molecule has 0 saturated carbocycles. The molecule has 0 aliphatic carbocycles. The van der Waals surface area contributed by atoms with E-state index in [1.807, 2.05) is 34.9 Å². The van der Waals surface area contributed by atoms with Gasteiger partial charge in [-0.3, -0.25) is 14.3 Å². The summed E-state index contributed by atoms with van der Waals surface area (Å²) in [6.07, 6.45) is 6.87. The first-order valence-electron chi connectivity index (χ1n) is 11.3. The van der Waals surface area contributed by atoms with Gasteiger partial charge in [-0.25, -0.2) is 4.98 Å². The molecular weight excluding hydrogens is 426 g/mol. The molecule has 34 heavy (non-hydrogen) atoms. The number of hydrogen-bond donors (Lipinski definition) is 1. The highest BCUT2D eigenvalue weighted by atomic mass is 16.1. The van der Waals surface area contributed by atoms with Crippen LogP contribution in [0.15, 0.2) is 66.0 Å². The fraction of sp³-hybridized carbons (Fsp3) is 0.269. The number of nitriles is 1. The summed E-state index contributed by atoms with van der Waals surface area (Å²) in [6.45, 7) is 5.69. The highest BCUT2D eigenvalue weighted by Gasteiger charge is 2.28. The molecule has 4 heterocycles. The summed E-state index contributed by atoms with van der Waals surface area (Å²) in [7, 11) is 0. The fourth-order valence-electron chi connectivity index (χ4n) is 4.80. The van der Waals surface area contributed by atoms with Crippen LogP contribution in [-0.2, 0) is 13.1 Å². The van der Waals surface area contributed by atoms with Crippen molar-refractivity contribution < 1.29 is 0 Å². The van der Waals surface area contributed by atoms with Crippen LogP contribution in [0.3, 0.4) is 0 Å². The minimum atomic E-state index is -0.221. The standard InChI is InChI=1S/C26H25N7O/c1-2-3-13-33-24-23(21(14-27)25(33)31-12-6-8-19(28)15-31)30-17-32(26(24)34)16-22-20-9-5-4-7-18(20)10-11-29-22/h3-5,7,9-11,17,19H,1,6,8,12-13,15-16,28H2. The normalized spacial score (nSPS) is 15.9. The van der Waals surface area contributed by atoms with Gasteiger partial charge in [-0.05, 0) is 30.4 Å². The van der Waals surface area contributed by atoms with Crippen LogP contribution in [0.5, 0.6) is 0 Å². The predicted molar refractivity (Wildman–Crippen MR) is 133 cm³/mol. The van der Waals surface area contributed by atoms with Crippen LogP contribution in [0.25, 0.3) is 21.8 Å². The van der Waals surface area contributed by atoms with Gasteiger partial charge in [0.15, 0.2) is 0 Å². The molecule has 1 atom stereocenters. The number of pyridine rings is 1. The summed E-state index contributed by atoms with van der Waals surface area (Å²) in [6, 6.07) is 12.2. The molecule has 1 saturated heterocycles. The van der Waals surface area contributed by atoms with Crippen molar-refractivity contribution in [3.8, 4) is 6.07 Å². The predicted octanol–water partition coefficient (Wildman–Crippen LogP) is 2.93. The number of rotatable bonds is 5. The van der Waals surface area contributed by atoms with Gasteiger partial charge in [-0.15, -0.1) is 5.73 Å². The molecule has 0 amide bonds. The van der Waals surface area contributed by atoms with Gasteiger partial charge in [0, 0.05) is 30.7 Å². The van der Waals surface area contributed by atoms with E-state index in [0.717, 1.165) is 35.9 Å². The zero-order chi connectivity index (χ0) is 23.7. The van der Waals surface area contributed by atoms with Gasteiger partial charge in [0.25, 0.3) is 5.56 Å². The van der Waals surface area contributed by atoms with Gasteiger partial charge in [0.05, 0.1) is 25.1 Å². The van der Waals surface area contributed by atoms with E-state index >= 15 is 0 Å². The first-order valence-corrected chi connectivity index (χ1v) is 11.3. The van der Waals surface area contributed by atoms with Gasteiger partial charge in [-0.2, -0.15) is 5.26 Å². The first kappa shape index (κ1) is 21.7. The largest absolute Gasteiger partial charge is 0.355 e. The van der Waals surface area contributed by atoms with Crippen LogP contribution >= 0.6 is 0 Å². The molecular formula is C26H25N7O. The maximum atomic E-state index is 13.8. The van der Waals surface area contributed by atoms with E-state index in [0.29, 0.717) is 35.5 Å². The van der Waals surface area contributed by atoms with Crippen molar-refractivity contribution in [1.29, 1.82) is 5.26 Å². The maximum absolute atomic E-state index is 13.8. The summed E-state index contributed by atoms with van der Waals surface area (Å²) < 4.78 is 3.41. The minimum Gasteiger partial charge on any atom is -0.355 e. The van der Waals surface area contributed by atoms with E-state index in [1.54, 1.807) is 16.8 Å². The van der Waals surface area contributed by atoms with E-state index in [4.69, 9.17) is 5.73 Å². The molecule has 2 N–H and O–H groups in total. The second-order valence-corrected chi connectivity index (χ2v) is 8.53. The Kier molecular flexibility index (Phi) is 5.72. The van der Waals surface area contributed by atoms with Crippen LogP contribution in [0.2, 0.25) is 0 Å². The Morgan fingerprint density at radius 3 is 2.91 bits per heavy atom. The number of benzene rings is 1. The monoisotopic (exact) mass is 451 g/mol. The Morgan fingerprint density at radius 1 is 1.26 bits per heavy atom. The van der Waals surface area contributed by atoms with Crippen molar-refractivity contribution >= 4 is 27.6 Å².